The third kappa shape index (κ3) is 6.54. The molecule has 39 heavy (non-hydrogen) atoms. The summed E-state index contributed by atoms with van der Waals surface area (Å²) in [5.41, 5.74) is 0.513. The van der Waals surface area contributed by atoms with Crippen LogP contribution in [0.25, 0.3) is 5.52 Å². The van der Waals surface area contributed by atoms with Gasteiger partial charge in [0.25, 0.3) is 0 Å². The van der Waals surface area contributed by atoms with Gasteiger partial charge >= 0.3 is 6.09 Å². The molecule has 2 aromatic heterocycles. The van der Waals surface area contributed by atoms with E-state index >= 15 is 0 Å². The van der Waals surface area contributed by atoms with Crippen LogP contribution in [0.5, 0.6) is 11.5 Å². The van der Waals surface area contributed by atoms with E-state index in [1.165, 1.54) is 15.6 Å². The Morgan fingerprint density at radius 3 is 2.31 bits per heavy atom. The van der Waals surface area contributed by atoms with E-state index in [2.05, 4.69) is 45.0 Å². The third-order valence-corrected chi connectivity index (χ3v) is 11.4. The van der Waals surface area contributed by atoms with E-state index in [1.807, 2.05) is 6.92 Å². The molecule has 210 valence electrons. The fraction of sp³-hybridized carbons (Fsp3) is 0.483. The van der Waals surface area contributed by atoms with Crippen LogP contribution >= 0.6 is 0 Å². The first-order valence-corrected chi connectivity index (χ1v) is 16.0. The van der Waals surface area contributed by atoms with Crippen LogP contribution in [0.1, 0.15) is 59.6 Å². The van der Waals surface area contributed by atoms with Crippen molar-refractivity contribution in [2.45, 2.75) is 78.6 Å². The molecule has 0 saturated carbocycles. The van der Waals surface area contributed by atoms with Gasteiger partial charge in [-0.25, -0.2) is 14.2 Å². The number of benzene rings is 1. The van der Waals surface area contributed by atoms with Crippen LogP contribution in [0.15, 0.2) is 36.5 Å². The number of aromatic nitrogens is 2. The fourth-order valence-corrected chi connectivity index (χ4v) is 4.89. The van der Waals surface area contributed by atoms with E-state index in [9.17, 15) is 15.2 Å². The first-order valence-electron chi connectivity index (χ1n) is 13.1. The number of rotatable bonds is 8. The number of ether oxygens (including phenoxy) is 2. The molecule has 0 unspecified atom stereocenters. The molecule has 1 amide bonds. The molecule has 1 aromatic carbocycles. The topological polar surface area (TPSA) is 109 Å². The number of nitrogens with zero attached hydrogens (tertiary/aromatic N) is 4. The highest BCUT2D eigenvalue weighted by atomic mass is 28.4. The second-order valence-corrected chi connectivity index (χ2v) is 16.7. The van der Waals surface area contributed by atoms with Gasteiger partial charge in [0.05, 0.1) is 24.0 Å². The maximum atomic E-state index is 13.8. The van der Waals surface area contributed by atoms with Crippen LogP contribution in [-0.4, -0.2) is 47.9 Å². The van der Waals surface area contributed by atoms with Crippen molar-refractivity contribution in [3.05, 3.63) is 47.7 Å². The van der Waals surface area contributed by atoms with Gasteiger partial charge in [-0.15, -0.1) is 0 Å². The molecule has 0 bridgehead atoms. The van der Waals surface area contributed by atoms with Crippen LogP contribution < -0.4 is 9.64 Å². The molecule has 0 fully saturated rings. The Bertz CT molecular complexity index is 1360. The Labute approximate surface area is 232 Å². The number of fused-ring (bicyclic) bond motifs is 1. The van der Waals surface area contributed by atoms with Crippen molar-refractivity contribution in [3.63, 3.8) is 0 Å². The Balaban J connectivity index is 2.24. The lowest BCUT2D eigenvalue weighted by atomic mass is 10.1. The Kier molecular flexibility index (Phi) is 8.68. The second-order valence-electron chi connectivity index (χ2n) is 11.9. The number of hydrogen-bond donors (Lipinski definition) is 1. The molecule has 0 aliphatic carbocycles. The Morgan fingerprint density at radius 1 is 1.13 bits per heavy atom. The molecule has 0 aliphatic heterocycles. The standard InChI is InChI=1S/C29H40N4O5Si/c1-10-36-21-13-11-20(12-14-21)32(27(35)38-28(2,3)4)26-22(16-18-37-39(8,9)29(5,6)7)25(34)23(19-30)24-15-17-31-33(24)26/h11-15,17,34H,10,16,18H2,1-9H3. The van der Waals surface area contributed by atoms with Gasteiger partial charge in [0.1, 0.15) is 28.7 Å². The van der Waals surface area contributed by atoms with Crippen molar-refractivity contribution in [3.8, 4) is 17.6 Å². The van der Waals surface area contributed by atoms with Crippen LogP contribution in [0.2, 0.25) is 18.1 Å². The number of anilines is 2. The highest BCUT2D eigenvalue weighted by molar-refractivity contribution is 6.74. The fourth-order valence-electron chi connectivity index (χ4n) is 3.84. The van der Waals surface area contributed by atoms with Gasteiger partial charge in [0.15, 0.2) is 14.1 Å². The van der Waals surface area contributed by atoms with E-state index in [1.54, 1.807) is 51.1 Å². The van der Waals surface area contributed by atoms with Crippen molar-refractivity contribution < 1.29 is 23.8 Å². The van der Waals surface area contributed by atoms with Crippen molar-refractivity contribution in [2.24, 2.45) is 0 Å². The third-order valence-electron chi connectivity index (χ3n) is 6.82. The summed E-state index contributed by atoms with van der Waals surface area (Å²) in [6, 6.07) is 10.7. The number of pyridine rings is 1. The minimum Gasteiger partial charge on any atom is -0.506 e. The van der Waals surface area contributed by atoms with Gasteiger partial charge in [-0.2, -0.15) is 10.4 Å². The van der Waals surface area contributed by atoms with Crippen molar-refractivity contribution in [1.29, 1.82) is 5.26 Å². The number of carbonyl (C=O) groups excluding carboxylic acids is 1. The number of nitriles is 1. The lowest BCUT2D eigenvalue weighted by molar-refractivity contribution is 0.0597. The molecule has 0 aliphatic rings. The Morgan fingerprint density at radius 2 is 1.77 bits per heavy atom. The summed E-state index contributed by atoms with van der Waals surface area (Å²) in [4.78, 5) is 15.2. The van der Waals surface area contributed by atoms with Crippen LogP contribution in [0, 0.1) is 11.3 Å². The largest absolute Gasteiger partial charge is 0.506 e. The summed E-state index contributed by atoms with van der Waals surface area (Å²) >= 11 is 0. The van der Waals surface area contributed by atoms with E-state index in [0.29, 0.717) is 35.7 Å². The normalized spacial score (nSPS) is 12.3. The Hall–Kier alpha value is -3.55. The first-order chi connectivity index (χ1) is 18.1. The predicted molar refractivity (Wildman–Crippen MR) is 154 cm³/mol. The molecule has 1 N–H and O–H groups in total. The smallest absolute Gasteiger partial charge is 0.420 e. The summed E-state index contributed by atoms with van der Waals surface area (Å²) in [7, 11) is -2.10. The molecule has 2 heterocycles. The molecule has 9 nitrogen and oxygen atoms in total. The minimum absolute atomic E-state index is 0.00746. The van der Waals surface area contributed by atoms with Crippen LogP contribution in [0.4, 0.5) is 16.3 Å². The molecule has 10 heteroatoms. The quantitative estimate of drug-likeness (QED) is 0.301. The van der Waals surface area contributed by atoms with E-state index in [0.717, 1.165) is 0 Å². The van der Waals surface area contributed by atoms with Crippen LogP contribution in [-0.2, 0) is 15.6 Å². The van der Waals surface area contributed by atoms with E-state index < -0.39 is 20.0 Å². The lowest BCUT2D eigenvalue weighted by Gasteiger charge is -2.36. The zero-order valence-electron chi connectivity index (χ0n) is 24.5. The molecule has 3 aromatic rings. The van der Waals surface area contributed by atoms with Crippen molar-refractivity contribution in [2.75, 3.05) is 18.1 Å². The molecule has 3 rings (SSSR count). The highest BCUT2D eigenvalue weighted by Crippen LogP contribution is 2.41. The molecule has 0 atom stereocenters. The number of amides is 1. The summed E-state index contributed by atoms with van der Waals surface area (Å²) < 4.78 is 19.3. The minimum atomic E-state index is -2.10. The maximum Gasteiger partial charge on any atom is 0.420 e. The number of hydrogen-bond acceptors (Lipinski definition) is 7. The maximum absolute atomic E-state index is 13.8. The average molecular weight is 553 g/mol. The van der Waals surface area contributed by atoms with Crippen LogP contribution in [0.3, 0.4) is 0 Å². The van der Waals surface area contributed by atoms with Crippen molar-refractivity contribution in [1.82, 2.24) is 9.61 Å². The average Bonchev–Trinajstić information content (AvgIpc) is 3.29. The zero-order chi connectivity index (χ0) is 29.2. The summed E-state index contributed by atoms with van der Waals surface area (Å²) in [6.45, 7) is 18.8. The molecule has 0 radical (unpaired) electrons. The number of carbonyl (C=O) groups is 1. The van der Waals surface area contributed by atoms with E-state index in [-0.39, 0.29) is 28.6 Å². The first kappa shape index (κ1) is 30.0. The molecular formula is C29H40N4O5Si. The van der Waals surface area contributed by atoms with Gasteiger partial charge < -0.3 is 19.0 Å². The molecule has 0 saturated heterocycles. The van der Waals surface area contributed by atoms with Gasteiger partial charge in [0, 0.05) is 18.6 Å². The van der Waals surface area contributed by atoms with Gasteiger partial charge in [-0.3, -0.25) is 0 Å². The van der Waals surface area contributed by atoms with Gasteiger partial charge in [0.2, 0.25) is 0 Å². The number of aromatic hydroxyl groups is 1. The lowest BCUT2D eigenvalue weighted by Crippen LogP contribution is -2.41. The monoisotopic (exact) mass is 552 g/mol. The van der Waals surface area contributed by atoms with Gasteiger partial charge in [-0.1, -0.05) is 20.8 Å². The van der Waals surface area contributed by atoms with Gasteiger partial charge in [-0.05, 0) is 76.2 Å². The summed E-state index contributed by atoms with van der Waals surface area (Å²) in [5.74, 6) is 0.725. The molecule has 0 spiro atoms. The van der Waals surface area contributed by atoms with Crippen molar-refractivity contribution >= 4 is 31.4 Å². The van der Waals surface area contributed by atoms with E-state index in [4.69, 9.17) is 13.9 Å². The predicted octanol–water partition coefficient (Wildman–Crippen LogP) is 6.95. The zero-order valence-corrected chi connectivity index (χ0v) is 25.5. The summed E-state index contributed by atoms with van der Waals surface area (Å²) in [5, 5.41) is 25.7. The second kappa shape index (κ2) is 11.3. The SMILES string of the molecule is CCOc1ccc(N(C(=O)OC(C)(C)C)c2c(CCO[Si](C)(C)C(C)(C)C)c(O)c(C#N)c3ccnn23)cc1. The highest BCUT2D eigenvalue weighted by Gasteiger charge is 2.37. The molecular weight excluding hydrogens is 512 g/mol. The summed E-state index contributed by atoms with van der Waals surface area (Å²) in [6.07, 6.45) is 1.12.